The van der Waals surface area contributed by atoms with Crippen molar-refractivity contribution in [1.29, 1.82) is 0 Å². The van der Waals surface area contributed by atoms with Crippen LogP contribution in [0.5, 0.6) is 0 Å². The van der Waals surface area contributed by atoms with Crippen molar-refractivity contribution >= 4 is 39.5 Å². The fourth-order valence-corrected chi connectivity index (χ4v) is 12.4. The van der Waals surface area contributed by atoms with Gasteiger partial charge < -0.3 is 33.8 Å². The Balaban J connectivity index is 5.08. The summed E-state index contributed by atoms with van der Waals surface area (Å²) in [5.74, 6) is -1.36. The Morgan fingerprint density at radius 2 is 0.511 bits per heavy atom. The minimum atomic E-state index is -4.95. The predicted octanol–water partition coefficient (Wildman–Crippen LogP) is 20.5. The van der Waals surface area contributed by atoms with Crippen LogP contribution in [0.25, 0.3) is 0 Å². The number of phosphoric ester groups is 2. The molecule has 0 saturated carbocycles. The monoisotopic (exact) mass is 1320 g/mol. The van der Waals surface area contributed by atoms with Gasteiger partial charge in [0.15, 0.2) is 12.2 Å². The Kier molecular flexibility index (Phi) is 63.0. The van der Waals surface area contributed by atoms with Gasteiger partial charge in [0, 0.05) is 25.7 Å². The lowest BCUT2D eigenvalue weighted by Crippen LogP contribution is -2.30. The largest absolute Gasteiger partial charge is 0.472 e. The van der Waals surface area contributed by atoms with Crippen molar-refractivity contribution in [3.05, 3.63) is 0 Å². The van der Waals surface area contributed by atoms with E-state index in [1.807, 2.05) is 0 Å². The molecule has 3 N–H and O–H groups in total. The van der Waals surface area contributed by atoms with E-state index in [0.29, 0.717) is 25.7 Å². The van der Waals surface area contributed by atoms with Crippen LogP contribution in [-0.2, 0) is 65.4 Å². The molecular weight excluding hydrogens is 1190 g/mol. The molecule has 5 atom stereocenters. The van der Waals surface area contributed by atoms with E-state index in [2.05, 4.69) is 34.6 Å². The molecule has 19 heteroatoms. The summed E-state index contributed by atoms with van der Waals surface area (Å²) >= 11 is 0. The molecule has 0 heterocycles. The number of hydrogen-bond acceptors (Lipinski definition) is 15. The highest BCUT2D eigenvalue weighted by Crippen LogP contribution is 2.45. The second kappa shape index (κ2) is 64.4. The smallest absolute Gasteiger partial charge is 0.462 e. The topological polar surface area (TPSA) is 237 Å². The third kappa shape index (κ3) is 64.8. The molecule has 0 aliphatic heterocycles. The van der Waals surface area contributed by atoms with Gasteiger partial charge >= 0.3 is 39.5 Å². The molecule has 0 fully saturated rings. The summed E-state index contributed by atoms with van der Waals surface area (Å²) < 4.78 is 68.0. The van der Waals surface area contributed by atoms with Crippen LogP contribution in [0.2, 0.25) is 0 Å². The van der Waals surface area contributed by atoms with Crippen molar-refractivity contribution in [2.24, 2.45) is 5.92 Å². The van der Waals surface area contributed by atoms with Crippen LogP contribution >= 0.6 is 15.6 Å². The molecule has 90 heavy (non-hydrogen) atoms. The van der Waals surface area contributed by atoms with Crippen LogP contribution in [-0.4, -0.2) is 96.7 Å². The van der Waals surface area contributed by atoms with Gasteiger partial charge in [-0.1, -0.05) is 317 Å². The standard InChI is InChI=1S/C71H138O17P2/c1-6-9-12-15-17-19-20-21-22-23-24-25-26-27-28-29-30-35-38-42-47-52-57-71(76)88-67(61-82-69(74)55-50-45-41-37-34-32-31-33-36-39-44-48-53-64(4)5)63-86-90(79,80)84-59-65(72)58-83-89(77,78)85-62-66(60-81-68(73)54-49-43-14-11-8-3)87-70(75)56-51-46-40-18-16-13-10-7-2/h64-67,72H,6-63H2,1-5H3,(H,77,78)(H,79,80)/t65-,66+,67+/m0/s1. The zero-order chi connectivity index (χ0) is 66.3. The summed E-state index contributed by atoms with van der Waals surface area (Å²) in [6.45, 7) is 7.14. The lowest BCUT2D eigenvalue weighted by atomic mass is 10.0. The van der Waals surface area contributed by atoms with Crippen LogP contribution in [0.4, 0.5) is 0 Å². The molecule has 0 aromatic carbocycles. The van der Waals surface area contributed by atoms with Crippen LogP contribution < -0.4 is 0 Å². The second-order valence-corrected chi connectivity index (χ2v) is 29.0. The summed E-state index contributed by atoms with van der Waals surface area (Å²) in [5.41, 5.74) is 0. The quantitative estimate of drug-likeness (QED) is 0.0222. The first-order chi connectivity index (χ1) is 43.5. The number of aliphatic hydroxyl groups excluding tert-OH is 1. The molecule has 0 bridgehead atoms. The molecule has 0 amide bonds. The zero-order valence-electron chi connectivity index (χ0n) is 58.3. The minimum Gasteiger partial charge on any atom is -0.462 e. The average molecular weight is 1330 g/mol. The molecule has 0 radical (unpaired) electrons. The summed E-state index contributed by atoms with van der Waals surface area (Å²) in [6, 6.07) is 0. The number of rotatable bonds is 71. The second-order valence-electron chi connectivity index (χ2n) is 26.1. The number of ether oxygens (including phenoxy) is 4. The van der Waals surface area contributed by atoms with Crippen molar-refractivity contribution < 1.29 is 80.2 Å². The molecule has 0 aliphatic carbocycles. The van der Waals surface area contributed by atoms with Gasteiger partial charge in [0.1, 0.15) is 19.3 Å². The summed E-state index contributed by atoms with van der Waals surface area (Å²) in [7, 11) is -9.88. The Morgan fingerprint density at radius 1 is 0.300 bits per heavy atom. The van der Waals surface area contributed by atoms with Gasteiger partial charge in [0.05, 0.1) is 26.4 Å². The maximum Gasteiger partial charge on any atom is 0.472 e. The molecular formula is C71H138O17P2. The minimum absolute atomic E-state index is 0.104. The van der Waals surface area contributed by atoms with Crippen LogP contribution in [0.15, 0.2) is 0 Å². The molecule has 0 spiro atoms. The van der Waals surface area contributed by atoms with Crippen LogP contribution in [0.1, 0.15) is 369 Å². The van der Waals surface area contributed by atoms with E-state index in [0.717, 1.165) is 109 Å². The molecule has 0 aromatic heterocycles. The van der Waals surface area contributed by atoms with E-state index in [4.69, 9.17) is 37.0 Å². The van der Waals surface area contributed by atoms with Crippen LogP contribution in [0.3, 0.4) is 0 Å². The summed E-state index contributed by atoms with van der Waals surface area (Å²) in [4.78, 5) is 72.1. The number of phosphoric acid groups is 2. The lowest BCUT2D eigenvalue weighted by Gasteiger charge is -2.21. The van der Waals surface area contributed by atoms with Gasteiger partial charge in [-0.2, -0.15) is 0 Å². The first-order valence-corrected chi connectivity index (χ1v) is 40.1. The number of carbonyl (C=O) groups is 4. The SMILES string of the molecule is CCCCCCCCCCCCCCCCCCCCCCCCC(=O)O[C@H](COC(=O)CCCCCCCCCCCCCCC(C)C)COP(=O)(O)OC[C@@H](O)COP(=O)(O)OC[C@@H](COC(=O)CCCCCCC)OC(=O)CCCCCCCCCC. The first-order valence-electron chi connectivity index (χ1n) is 37.1. The first kappa shape index (κ1) is 88.1. The number of hydrogen-bond donors (Lipinski definition) is 3. The predicted molar refractivity (Wildman–Crippen MR) is 363 cm³/mol. The van der Waals surface area contributed by atoms with Crippen molar-refractivity contribution in [3.8, 4) is 0 Å². The fourth-order valence-electron chi connectivity index (χ4n) is 10.8. The molecule has 0 aliphatic rings. The van der Waals surface area contributed by atoms with Crippen LogP contribution in [0, 0.1) is 5.92 Å². The fraction of sp³-hybridized carbons (Fsp3) is 0.944. The number of carbonyl (C=O) groups excluding carboxylic acids is 4. The van der Waals surface area contributed by atoms with Crippen molar-refractivity contribution in [2.75, 3.05) is 39.6 Å². The Morgan fingerprint density at radius 3 is 0.756 bits per heavy atom. The van der Waals surface area contributed by atoms with Crippen molar-refractivity contribution in [3.63, 3.8) is 0 Å². The van der Waals surface area contributed by atoms with Gasteiger partial charge in [-0.3, -0.25) is 37.3 Å². The number of unbranched alkanes of at least 4 members (excludes halogenated alkanes) is 43. The van der Waals surface area contributed by atoms with Crippen molar-refractivity contribution in [2.45, 2.75) is 387 Å². The van der Waals surface area contributed by atoms with E-state index >= 15 is 0 Å². The van der Waals surface area contributed by atoms with Gasteiger partial charge in [0.2, 0.25) is 0 Å². The van der Waals surface area contributed by atoms with Gasteiger partial charge in [-0.25, -0.2) is 9.13 Å². The highest BCUT2D eigenvalue weighted by molar-refractivity contribution is 7.47. The molecule has 534 valence electrons. The van der Waals surface area contributed by atoms with E-state index in [1.54, 1.807) is 0 Å². The Bertz CT molecular complexity index is 1740. The average Bonchev–Trinajstić information content (AvgIpc) is 3.47. The molecule has 17 nitrogen and oxygen atoms in total. The molecule has 2 unspecified atom stereocenters. The lowest BCUT2D eigenvalue weighted by molar-refractivity contribution is -0.161. The Hall–Kier alpha value is -1.94. The van der Waals surface area contributed by atoms with E-state index in [9.17, 15) is 43.2 Å². The highest BCUT2D eigenvalue weighted by atomic mass is 31.2. The van der Waals surface area contributed by atoms with Crippen molar-refractivity contribution in [1.82, 2.24) is 0 Å². The van der Waals surface area contributed by atoms with E-state index in [1.165, 1.54) is 180 Å². The highest BCUT2D eigenvalue weighted by Gasteiger charge is 2.30. The maximum atomic E-state index is 13.0. The van der Waals surface area contributed by atoms with Gasteiger partial charge in [-0.15, -0.1) is 0 Å². The normalized spacial score (nSPS) is 14.1. The van der Waals surface area contributed by atoms with E-state index < -0.39 is 97.5 Å². The Labute approximate surface area is 549 Å². The summed E-state index contributed by atoms with van der Waals surface area (Å²) in [6.07, 6.45) is 52.1. The van der Waals surface area contributed by atoms with E-state index in [-0.39, 0.29) is 25.7 Å². The third-order valence-electron chi connectivity index (χ3n) is 16.5. The number of esters is 4. The maximum absolute atomic E-state index is 13.0. The summed E-state index contributed by atoms with van der Waals surface area (Å²) in [5, 5.41) is 10.5. The van der Waals surface area contributed by atoms with Gasteiger partial charge in [0.25, 0.3) is 0 Å². The zero-order valence-corrected chi connectivity index (χ0v) is 60.1. The molecule has 0 aromatic rings. The van der Waals surface area contributed by atoms with Gasteiger partial charge in [-0.05, 0) is 31.6 Å². The molecule has 0 rings (SSSR count). The number of aliphatic hydroxyl groups is 1. The molecule has 0 saturated heterocycles. The third-order valence-corrected chi connectivity index (χ3v) is 18.4.